The fourth-order valence-electron chi connectivity index (χ4n) is 4.72. The minimum Gasteiger partial charge on any atom is -0.516 e. The van der Waals surface area contributed by atoms with Gasteiger partial charge in [0.15, 0.2) is 0 Å². The molecule has 1 unspecified atom stereocenters. The van der Waals surface area contributed by atoms with E-state index in [2.05, 4.69) is 144 Å². The molecule has 0 spiro atoms. The highest BCUT2D eigenvalue weighted by atomic mass is 31.1. The predicted molar refractivity (Wildman–Crippen MR) is 197 cm³/mol. The zero-order valence-electron chi connectivity index (χ0n) is 28.9. The number of hydrogen-bond donors (Lipinski definition) is 1. The summed E-state index contributed by atoms with van der Waals surface area (Å²) in [5.74, 6) is 0.469. The van der Waals surface area contributed by atoms with Crippen LogP contribution < -0.4 is 15.9 Å². The van der Waals surface area contributed by atoms with E-state index in [4.69, 9.17) is 5.11 Å². The Balaban J connectivity index is 0.000000412. The minimum absolute atomic E-state index is 0.217. The number of para-hydroxylation sites is 1. The van der Waals surface area contributed by atoms with Gasteiger partial charge in [0, 0.05) is 11.5 Å². The Morgan fingerprint density at radius 1 is 0.814 bits per heavy atom. The number of hydrogen-bond acceptors (Lipinski definition) is 2. The quantitative estimate of drug-likeness (QED) is 0.113. The van der Waals surface area contributed by atoms with Crippen molar-refractivity contribution in [2.75, 3.05) is 0 Å². The molecule has 1 atom stereocenters. The molecule has 1 N–H and O–H groups in total. The summed E-state index contributed by atoms with van der Waals surface area (Å²) in [6.07, 6.45) is 8.87. The topological polar surface area (TPSA) is 32.6 Å². The minimum atomic E-state index is -0.592. The molecule has 0 fully saturated rings. The van der Waals surface area contributed by atoms with Crippen LogP contribution in [0.3, 0.4) is 0 Å². The maximum Gasteiger partial charge on any atom is 0.0781 e. The Kier molecular flexibility index (Phi) is 17.1. The van der Waals surface area contributed by atoms with Crippen LogP contribution in [-0.4, -0.2) is 11.3 Å². The van der Waals surface area contributed by atoms with Crippen LogP contribution in [0.4, 0.5) is 5.69 Å². The van der Waals surface area contributed by atoms with E-state index in [0.29, 0.717) is 5.92 Å². The molecule has 0 aliphatic heterocycles. The number of aliphatic imine (C=N–C) groups is 1. The molecule has 0 radical (unpaired) electrons. The zero-order chi connectivity index (χ0) is 32.5. The van der Waals surface area contributed by atoms with Crippen molar-refractivity contribution in [1.29, 1.82) is 0 Å². The summed E-state index contributed by atoms with van der Waals surface area (Å²) in [6, 6.07) is 29.9. The fourth-order valence-corrected chi connectivity index (χ4v) is 7.11. The van der Waals surface area contributed by atoms with Crippen molar-refractivity contribution in [1.82, 2.24) is 0 Å². The number of rotatable bonds is 9. The van der Waals surface area contributed by atoms with Crippen molar-refractivity contribution >= 4 is 35.7 Å². The molecule has 0 saturated carbocycles. The molecule has 0 bridgehead atoms. The van der Waals surface area contributed by atoms with E-state index in [-0.39, 0.29) is 10.8 Å². The van der Waals surface area contributed by atoms with E-state index < -0.39 is 7.92 Å². The third kappa shape index (κ3) is 13.1. The second-order valence-corrected chi connectivity index (χ2v) is 14.9. The van der Waals surface area contributed by atoms with Crippen LogP contribution in [0, 0.1) is 16.7 Å². The number of nitrogens with zero attached hydrogens (tertiary/aromatic N) is 1. The Morgan fingerprint density at radius 3 is 1.72 bits per heavy atom. The van der Waals surface area contributed by atoms with E-state index in [1.54, 1.807) is 5.57 Å². The van der Waals surface area contributed by atoms with Gasteiger partial charge in [-0.05, 0) is 73.6 Å². The maximum atomic E-state index is 9.16. The van der Waals surface area contributed by atoms with Gasteiger partial charge < -0.3 is 5.11 Å². The van der Waals surface area contributed by atoms with Crippen molar-refractivity contribution in [3.05, 3.63) is 108 Å². The first kappa shape index (κ1) is 38.1. The summed E-state index contributed by atoms with van der Waals surface area (Å²) in [5, 5.41) is 13.2. The number of benzene rings is 3. The Labute approximate surface area is 265 Å². The maximum absolute atomic E-state index is 9.16. The zero-order valence-corrected chi connectivity index (χ0v) is 29.7. The van der Waals surface area contributed by atoms with E-state index >= 15 is 0 Å². The molecule has 3 rings (SSSR count). The summed E-state index contributed by atoms with van der Waals surface area (Å²) < 4.78 is 0. The molecule has 3 aromatic rings. The van der Waals surface area contributed by atoms with E-state index in [1.807, 2.05) is 33.9 Å². The SMILES string of the molecule is CC.CC=Nc1ccccc1P(c1ccccc1)c1ccccc1.CCC/C(=C\C(C/C(C)=C/O)C(C)(C)C)C(C)(C)C. The van der Waals surface area contributed by atoms with Gasteiger partial charge in [-0.25, -0.2) is 0 Å². The van der Waals surface area contributed by atoms with Gasteiger partial charge in [-0.15, -0.1) is 0 Å². The van der Waals surface area contributed by atoms with Gasteiger partial charge in [-0.3, -0.25) is 4.99 Å². The first-order chi connectivity index (χ1) is 20.4. The first-order valence-electron chi connectivity index (χ1n) is 15.9. The van der Waals surface area contributed by atoms with Crippen molar-refractivity contribution in [2.45, 2.75) is 95.4 Å². The highest BCUT2D eigenvalue weighted by Crippen LogP contribution is 2.38. The van der Waals surface area contributed by atoms with Gasteiger partial charge in [0.2, 0.25) is 0 Å². The van der Waals surface area contributed by atoms with E-state index in [9.17, 15) is 0 Å². The summed E-state index contributed by atoms with van der Waals surface area (Å²) in [5.41, 5.74) is 4.11. The largest absolute Gasteiger partial charge is 0.516 e. The first-order valence-corrected chi connectivity index (χ1v) is 17.3. The molecule has 0 saturated heterocycles. The predicted octanol–water partition coefficient (Wildman–Crippen LogP) is 11.5. The molecule has 3 heteroatoms. The monoisotopic (exact) mass is 599 g/mol. The molecule has 0 heterocycles. The van der Waals surface area contributed by atoms with Gasteiger partial charge in [0.05, 0.1) is 11.9 Å². The van der Waals surface area contributed by atoms with Crippen LogP contribution in [-0.2, 0) is 0 Å². The van der Waals surface area contributed by atoms with E-state index in [0.717, 1.165) is 24.1 Å². The Morgan fingerprint density at radius 2 is 1.30 bits per heavy atom. The fraction of sp³-hybridized carbons (Fsp3) is 0.425. The van der Waals surface area contributed by atoms with Gasteiger partial charge in [-0.1, -0.05) is 159 Å². The van der Waals surface area contributed by atoms with E-state index in [1.165, 1.54) is 28.6 Å². The van der Waals surface area contributed by atoms with Gasteiger partial charge in [0.1, 0.15) is 0 Å². The lowest BCUT2D eigenvalue weighted by Crippen LogP contribution is -2.21. The van der Waals surface area contributed by atoms with Gasteiger partial charge >= 0.3 is 0 Å². The molecule has 43 heavy (non-hydrogen) atoms. The molecule has 0 aliphatic carbocycles. The number of allylic oxidation sites excluding steroid dienone is 3. The Hall–Kier alpha value is -2.96. The van der Waals surface area contributed by atoms with Crippen LogP contribution in [0.5, 0.6) is 0 Å². The second kappa shape index (κ2) is 19.3. The summed E-state index contributed by atoms with van der Waals surface area (Å²) in [4.78, 5) is 4.57. The normalized spacial score (nSPS) is 13.2. The molecule has 0 amide bonds. The summed E-state index contributed by atoms with van der Waals surface area (Å²) >= 11 is 0. The van der Waals surface area contributed by atoms with Crippen LogP contribution in [0.15, 0.2) is 113 Å². The average Bonchev–Trinajstić information content (AvgIpc) is 2.99. The number of aliphatic hydroxyl groups excluding tert-OH is 1. The molecular formula is C40H58NOP. The van der Waals surface area contributed by atoms with Crippen LogP contribution in [0.25, 0.3) is 0 Å². The third-order valence-electron chi connectivity index (χ3n) is 7.18. The smallest absolute Gasteiger partial charge is 0.0781 e. The highest BCUT2D eigenvalue weighted by Gasteiger charge is 2.26. The molecule has 0 aromatic heterocycles. The van der Waals surface area contributed by atoms with Crippen molar-refractivity contribution in [3.63, 3.8) is 0 Å². The third-order valence-corrected chi connectivity index (χ3v) is 9.67. The van der Waals surface area contributed by atoms with Crippen molar-refractivity contribution < 1.29 is 5.11 Å². The van der Waals surface area contributed by atoms with Crippen LogP contribution >= 0.6 is 7.92 Å². The lowest BCUT2D eigenvalue weighted by atomic mass is 9.73. The number of aliphatic hydroxyl groups is 1. The molecule has 234 valence electrons. The van der Waals surface area contributed by atoms with Crippen LogP contribution in [0.1, 0.15) is 95.4 Å². The highest BCUT2D eigenvalue weighted by molar-refractivity contribution is 7.80. The standard InChI is InChI=1S/C20H18NP.C18H34O.C2H6/c1-2-21-19-15-9-10-16-20(19)22(17-11-5-3-6-12-17)18-13-7-4-8-14-18;1-9-10-15(17(3,4)5)12-16(18(6,7)8)11-14(2)13-19;1-2/h2-16H,1H3;12-13,16,19H,9-11H2,1-8H3;1-2H3/b;14-13+,15-12+;. The Bertz CT molecular complexity index is 1220. The van der Waals surface area contributed by atoms with Crippen molar-refractivity contribution in [2.24, 2.45) is 21.7 Å². The lowest BCUT2D eigenvalue weighted by Gasteiger charge is -2.32. The summed E-state index contributed by atoms with van der Waals surface area (Å²) in [6.45, 7) is 23.9. The van der Waals surface area contributed by atoms with Gasteiger partial charge in [0.25, 0.3) is 0 Å². The molecule has 0 aliphatic rings. The lowest BCUT2D eigenvalue weighted by molar-refractivity contribution is 0.283. The van der Waals surface area contributed by atoms with Crippen LogP contribution in [0.2, 0.25) is 0 Å². The van der Waals surface area contributed by atoms with Crippen molar-refractivity contribution in [3.8, 4) is 0 Å². The molecule has 2 nitrogen and oxygen atoms in total. The molecule has 3 aromatic carbocycles. The molecular weight excluding hydrogens is 541 g/mol. The summed E-state index contributed by atoms with van der Waals surface area (Å²) in [7, 11) is -0.592. The average molecular weight is 600 g/mol. The second-order valence-electron chi connectivity index (χ2n) is 12.7. The van der Waals surface area contributed by atoms with Gasteiger partial charge in [-0.2, -0.15) is 0 Å².